The van der Waals surface area contributed by atoms with Gasteiger partial charge in [-0.2, -0.15) is 0 Å². The van der Waals surface area contributed by atoms with Crippen LogP contribution in [-0.4, -0.2) is 120 Å². The van der Waals surface area contributed by atoms with Crippen molar-refractivity contribution in [3.63, 3.8) is 0 Å². The van der Waals surface area contributed by atoms with Gasteiger partial charge in [-0.15, -0.1) is 0 Å². The first-order chi connectivity index (χ1) is 12.6. The van der Waals surface area contributed by atoms with Gasteiger partial charge in [0, 0.05) is 0 Å². The Morgan fingerprint density at radius 2 is 1.56 bits per heavy atom. The molecule has 3 rings (SSSR count). The Bertz CT molecular complexity index is 571. The third-order valence-electron chi connectivity index (χ3n) is 5.51. The standard InChI is InChI=1S/C15H24O12/c16-3-5-6(18)7(19)8(20)12(26-5)27-13-9-14(23,1-2-25-13)10(21)11(22)15(9,24)4-17/h1-2,5-13,16-24H,3-4H2. The van der Waals surface area contributed by atoms with Crippen LogP contribution in [-0.2, 0) is 14.2 Å². The molecule has 2 heterocycles. The van der Waals surface area contributed by atoms with E-state index in [1.165, 1.54) is 0 Å². The minimum absolute atomic E-state index is 0.707. The molecule has 0 aromatic rings. The average Bonchev–Trinajstić information content (AvgIpc) is 2.81. The zero-order chi connectivity index (χ0) is 20.1. The number of rotatable bonds is 4. The van der Waals surface area contributed by atoms with Crippen molar-refractivity contribution in [3.8, 4) is 0 Å². The van der Waals surface area contributed by atoms with Gasteiger partial charge in [-0.25, -0.2) is 0 Å². The molecule has 3 aliphatic rings. The Hall–Kier alpha value is -0.900. The summed E-state index contributed by atoms with van der Waals surface area (Å²) >= 11 is 0. The predicted molar refractivity (Wildman–Crippen MR) is 81.4 cm³/mol. The van der Waals surface area contributed by atoms with E-state index in [9.17, 15) is 46.0 Å². The molecule has 0 amide bonds. The SMILES string of the molecule is OCC1OC(OC2OC=CC3(O)C(O)C(O)C(O)(CO)C23)C(O)C(O)C1O. The molecule has 27 heavy (non-hydrogen) atoms. The molecule has 1 aliphatic carbocycles. The molecule has 12 heteroatoms. The van der Waals surface area contributed by atoms with E-state index in [4.69, 9.17) is 14.2 Å². The first-order valence-corrected chi connectivity index (χ1v) is 8.32. The zero-order valence-corrected chi connectivity index (χ0v) is 14.0. The van der Waals surface area contributed by atoms with Gasteiger partial charge in [0.05, 0.1) is 25.4 Å². The zero-order valence-electron chi connectivity index (χ0n) is 14.0. The second-order valence-electron chi connectivity index (χ2n) is 7.04. The van der Waals surface area contributed by atoms with Gasteiger partial charge in [0.2, 0.25) is 6.29 Å². The maximum atomic E-state index is 10.7. The van der Waals surface area contributed by atoms with E-state index < -0.39 is 79.5 Å². The number of fused-ring (bicyclic) bond motifs is 1. The minimum atomic E-state index is -2.43. The first-order valence-electron chi connectivity index (χ1n) is 8.32. The lowest BCUT2D eigenvalue weighted by atomic mass is 9.80. The normalized spacial score (nSPS) is 55.2. The number of hydrogen-bond donors (Lipinski definition) is 9. The van der Waals surface area contributed by atoms with Crippen LogP contribution in [0.25, 0.3) is 0 Å². The van der Waals surface area contributed by atoms with Gasteiger partial charge in [-0.1, -0.05) is 0 Å². The van der Waals surface area contributed by atoms with Crippen molar-refractivity contribution in [3.05, 3.63) is 12.3 Å². The first kappa shape index (κ1) is 20.8. The lowest BCUT2D eigenvalue weighted by molar-refractivity contribution is -0.353. The highest BCUT2D eigenvalue weighted by Crippen LogP contribution is 2.49. The molecule has 1 saturated heterocycles. The van der Waals surface area contributed by atoms with Crippen molar-refractivity contribution < 1.29 is 60.2 Å². The summed E-state index contributed by atoms with van der Waals surface area (Å²) in [6, 6.07) is 0. The lowest BCUT2D eigenvalue weighted by Gasteiger charge is -2.45. The summed E-state index contributed by atoms with van der Waals surface area (Å²) in [5.41, 5.74) is -4.67. The second-order valence-corrected chi connectivity index (χ2v) is 7.04. The van der Waals surface area contributed by atoms with Crippen LogP contribution in [0, 0.1) is 5.92 Å². The highest BCUT2D eigenvalue weighted by Gasteiger charge is 2.70. The largest absolute Gasteiger partial charge is 0.472 e. The van der Waals surface area contributed by atoms with Crippen molar-refractivity contribution in [2.45, 2.75) is 60.4 Å². The molecular formula is C15H24O12. The van der Waals surface area contributed by atoms with Crippen molar-refractivity contribution in [2.75, 3.05) is 13.2 Å². The summed E-state index contributed by atoms with van der Waals surface area (Å²) in [5.74, 6) is -1.61. The van der Waals surface area contributed by atoms with Gasteiger partial charge in [0.1, 0.15) is 47.8 Å². The molecule has 156 valence electrons. The van der Waals surface area contributed by atoms with E-state index in [1.807, 2.05) is 0 Å². The number of aliphatic hydroxyl groups excluding tert-OH is 7. The Balaban J connectivity index is 1.88. The van der Waals surface area contributed by atoms with Crippen molar-refractivity contribution in [1.82, 2.24) is 0 Å². The number of aliphatic hydroxyl groups is 9. The quantitative estimate of drug-likeness (QED) is 0.218. The maximum Gasteiger partial charge on any atom is 0.210 e. The van der Waals surface area contributed by atoms with Gasteiger partial charge in [0.25, 0.3) is 0 Å². The van der Waals surface area contributed by atoms with Crippen LogP contribution in [0.5, 0.6) is 0 Å². The Labute approximate surface area is 153 Å². The smallest absolute Gasteiger partial charge is 0.210 e. The summed E-state index contributed by atoms with van der Waals surface area (Å²) < 4.78 is 15.7. The molecule has 0 aromatic carbocycles. The van der Waals surface area contributed by atoms with E-state index in [2.05, 4.69) is 0 Å². The van der Waals surface area contributed by atoms with Crippen LogP contribution in [0.2, 0.25) is 0 Å². The summed E-state index contributed by atoms with van der Waals surface area (Å²) in [7, 11) is 0. The Kier molecular flexibility index (Phi) is 5.53. The minimum Gasteiger partial charge on any atom is -0.472 e. The molecule has 0 bridgehead atoms. The van der Waals surface area contributed by atoms with Crippen LogP contribution in [0.1, 0.15) is 0 Å². The topological polar surface area (TPSA) is 210 Å². The summed E-state index contributed by atoms with van der Waals surface area (Å²) in [4.78, 5) is 0. The Morgan fingerprint density at radius 3 is 2.15 bits per heavy atom. The predicted octanol–water partition coefficient (Wildman–Crippen LogP) is -5.52. The summed E-state index contributed by atoms with van der Waals surface area (Å²) in [5, 5.41) is 90.0. The fraction of sp³-hybridized carbons (Fsp3) is 0.867. The van der Waals surface area contributed by atoms with E-state index in [0.717, 1.165) is 12.3 Å². The molecule has 0 aromatic heterocycles. The number of hydrogen-bond acceptors (Lipinski definition) is 12. The van der Waals surface area contributed by atoms with E-state index in [-0.39, 0.29) is 0 Å². The third kappa shape index (κ3) is 2.97. The van der Waals surface area contributed by atoms with Crippen molar-refractivity contribution in [1.29, 1.82) is 0 Å². The van der Waals surface area contributed by atoms with Crippen LogP contribution in [0.15, 0.2) is 12.3 Å². The van der Waals surface area contributed by atoms with Crippen LogP contribution < -0.4 is 0 Å². The van der Waals surface area contributed by atoms with Crippen molar-refractivity contribution in [2.24, 2.45) is 5.92 Å². The maximum absolute atomic E-state index is 10.7. The van der Waals surface area contributed by atoms with Crippen molar-refractivity contribution >= 4 is 0 Å². The third-order valence-corrected chi connectivity index (χ3v) is 5.51. The van der Waals surface area contributed by atoms with Gasteiger partial charge in [-0.3, -0.25) is 0 Å². The van der Waals surface area contributed by atoms with Crippen LogP contribution in [0.4, 0.5) is 0 Å². The molecule has 11 atom stereocenters. The molecule has 0 radical (unpaired) electrons. The molecule has 0 spiro atoms. The Morgan fingerprint density at radius 1 is 0.889 bits per heavy atom. The molecule has 2 aliphatic heterocycles. The van der Waals surface area contributed by atoms with E-state index in [0.29, 0.717) is 0 Å². The van der Waals surface area contributed by atoms with Gasteiger partial charge < -0.3 is 60.2 Å². The number of ether oxygens (including phenoxy) is 3. The van der Waals surface area contributed by atoms with Gasteiger partial charge in [0.15, 0.2) is 6.29 Å². The summed E-state index contributed by atoms with van der Waals surface area (Å²) in [6.07, 6.45) is -11.7. The lowest BCUT2D eigenvalue weighted by Crippen LogP contribution is -2.62. The molecule has 9 N–H and O–H groups in total. The second kappa shape index (κ2) is 7.17. The van der Waals surface area contributed by atoms with Crippen LogP contribution in [0.3, 0.4) is 0 Å². The van der Waals surface area contributed by atoms with E-state index in [1.54, 1.807) is 0 Å². The average molecular weight is 396 g/mol. The van der Waals surface area contributed by atoms with Crippen LogP contribution >= 0.6 is 0 Å². The molecule has 12 nitrogen and oxygen atoms in total. The summed E-state index contributed by atoms with van der Waals surface area (Å²) in [6.45, 7) is -1.77. The molecule has 11 unspecified atom stereocenters. The van der Waals surface area contributed by atoms with Gasteiger partial charge >= 0.3 is 0 Å². The molecule has 2 fully saturated rings. The highest BCUT2D eigenvalue weighted by molar-refractivity contribution is 5.25. The van der Waals surface area contributed by atoms with Gasteiger partial charge in [-0.05, 0) is 6.08 Å². The molecule has 1 saturated carbocycles. The monoisotopic (exact) mass is 396 g/mol. The van der Waals surface area contributed by atoms with E-state index >= 15 is 0 Å². The fourth-order valence-corrected chi connectivity index (χ4v) is 3.87. The fourth-order valence-electron chi connectivity index (χ4n) is 3.87. The highest BCUT2D eigenvalue weighted by atomic mass is 16.8. The molecular weight excluding hydrogens is 372 g/mol.